The predicted molar refractivity (Wildman–Crippen MR) is 246 cm³/mol. The van der Waals surface area contributed by atoms with Gasteiger partial charge in [0.25, 0.3) is 8.32 Å². The van der Waals surface area contributed by atoms with Crippen molar-refractivity contribution in [2.75, 3.05) is 23.4 Å². The van der Waals surface area contributed by atoms with E-state index in [2.05, 4.69) is 66.3 Å². The van der Waals surface area contributed by atoms with Gasteiger partial charge < -0.3 is 25.1 Å². The quantitative estimate of drug-likeness (QED) is 0.0499. The van der Waals surface area contributed by atoms with Crippen LogP contribution in [0.4, 0.5) is 17.1 Å². The van der Waals surface area contributed by atoms with Gasteiger partial charge in [-0.25, -0.2) is 0 Å². The Kier molecular flexibility index (Phi) is 13.1. The molecule has 0 saturated carbocycles. The predicted octanol–water partition coefficient (Wildman–Crippen LogP) is 9.13. The molecule has 4 atom stereocenters. The van der Waals surface area contributed by atoms with Gasteiger partial charge in [0.15, 0.2) is 0 Å². The summed E-state index contributed by atoms with van der Waals surface area (Å²) in [4.78, 5) is 30.3. The van der Waals surface area contributed by atoms with E-state index in [1.165, 1.54) is 4.90 Å². The highest BCUT2D eigenvalue weighted by Gasteiger charge is 2.56. The van der Waals surface area contributed by atoms with E-state index in [4.69, 9.17) is 4.43 Å². The number of imide groups is 1. The molecule has 7 rings (SSSR count). The van der Waals surface area contributed by atoms with Gasteiger partial charge in [-0.1, -0.05) is 127 Å². The molecule has 4 N–H and O–H groups in total. The van der Waals surface area contributed by atoms with Crippen molar-refractivity contribution in [3.63, 3.8) is 0 Å². The van der Waals surface area contributed by atoms with E-state index in [0.717, 1.165) is 37.4 Å². The molecular formula is C50H53BrN2O6Si. The van der Waals surface area contributed by atoms with Crippen molar-refractivity contribution in [3.8, 4) is 5.75 Å². The van der Waals surface area contributed by atoms with Gasteiger partial charge in [-0.15, -0.1) is 0 Å². The van der Waals surface area contributed by atoms with E-state index in [-0.39, 0.29) is 35.6 Å². The third-order valence-electron chi connectivity index (χ3n) is 12.0. The third kappa shape index (κ3) is 8.71. The van der Waals surface area contributed by atoms with Crippen LogP contribution in [-0.4, -0.2) is 54.8 Å². The first kappa shape index (κ1) is 43.0. The molecule has 2 aliphatic rings. The summed E-state index contributed by atoms with van der Waals surface area (Å²) >= 11 is 3.48. The number of carbonyl (C=O) groups is 2. The van der Waals surface area contributed by atoms with E-state index in [0.29, 0.717) is 29.7 Å². The second-order valence-corrected chi connectivity index (χ2v) is 22.2. The summed E-state index contributed by atoms with van der Waals surface area (Å²) in [5.41, 5.74) is 5.08. The fraction of sp³-hybridized carbons (Fsp3) is 0.280. The summed E-state index contributed by atoms with van der Waals surface area (Å²) in [6, 6.07) is 42.8. The van der Waals surface area contributed by atoms with Crippen LogP contribution in [0.25, 0.3) is 6.08 Å². The van der Waals surface area contributed by atoms with Gasteiger partial charge in [-0.3, -0.25) is 14.5 Å². The van der Waals surface area contributed by atoms with Crippen LogP contribution in [0.15, 0.2) is 155 Å². The van der Waals surface area contributed by atoms with Crippen LogP contribution in [0.1, 0.15) is 52.5 Å². The van der Waals surface area contributed by atoms with E-state index < -0.39 is 38.8 Å². The molecule has 1 fully saturated rings. The molecule has 0 bridgehead atoms. The number of aliphatic hydroxyl groups is 2. The van der Waals surface area contributed by atoms with Gasteiger partial charge in [-0.05, 0) is 107 Å². The number of nitrogens with one attached hydrogen (secondary N) is 1. The topological polar surface area (TPSA) is 119 Å². The normalized spacial score (nSPS) is 19.1. The standard InChI is InChI=1S/C50H53BrN2O6Si/c1-33(28-34-29-36(51)21-27-44(34)55)20-26-45(56)46-35(32-59-60(50(2,3)4,40-16-10-6-11-17-40)41-18-12-7-13-19-41)30-42-47(43(46)31-54)49(58)53(48(42)57)39-24-22-38(23-25-39)52-37-14-8-5-9-15-37/h5-19,21-25,27-29,42-43,45,47,52,54-56H,20,26,30-32H2,1-4H3/b33-28+/t42-,43+,45-,47-/m1/s1. The Morgan fingerprint density at radius 1 is 0.867 bits per heavy atom. The van der Waals surface area contributed by atoms with Gasteiger partial charge in [-0.2, -0.15) is 0 Å². The van der Waals surface area contributed by atoms with Crippen molar-refractivity contribution < 1.29 is 29.3 Å². The molecule has 1 aliphatic heterocycles. The van der Waals surface area contributed by atoms with Crippen LogP contribution >= 0.6 is 15.9 Å². The lowest BCUT2D eigenvalue weighted by molar-refractivity contribution is -0.123. The van der Waals surface area contributed by atoms with Crippen LogP contribution in [0, 0.1) is 17.8 Å². The lowest BCUT2D eigenvalue weighted by atomic mass is 9.68. The second kappa shape index (κ2) is 18.3. The minimum Gasteiger partial charge on any atom is -0.507 e. The number of phenolic OH excluding ortho intramolecular Hbond substituents is 1. The number of rotatable bonds is 14. The van der Waals surface area contributed by atoms with E-state index in [1.54, 1.807) is 24.3 Å². The minimum absolute atomic E-state index is 0.113. The van der Waals surface area contributed by atoms with Crippen LogP contribution in [-0.2, 0) is 14.0 Å². The number of phenols is 1. The van der Waals surface area contributed by atoms with E-state index in [1.807, 2.05) is 97.9 Å². The maximum absolute atomic E-state index is 14.5. The number of aliphatic hydroxyl groups excluding tert-OH is 2. The summed E-state index contributed by atoms with van der Waals surface area (Å²) in [5.74, 6) is -2.97. The smallest absolute Gasteiger partial charge is 0.261 e. The lowest BCUT2D eigenvalue weighted by Gasteiger charge is -2.44. The highest BCUT2D eigenvalue weighted by Crippen LogP contribution is 2.48. The third-order valence-corrected chi connectivity index (χ3v) is 17.5. The zero-order valence-corrected chi connectivity index (χ0v) is 37.1. The molecule has 2 amide bonds. The summed E-state index contributed by atoms with van der Waals surface area (Å²) in [6.45, 7) is 8.24. The number of carbonyl (C=O) groups excluding carboxylic acids is 2. The number of allylic oxidation sites excluding steroid dienone is 1. The molecule has 10 heteroatoms. The maximum atomic E-state index is 14.5. The molecule has 1 heterocycles. The number of hydrogen-bond acceptors (Lipinski definition) is 7. The lowest BCUT2D eigenvalue weighted by Crippen LogP contribution is -2.66. The van der Waals surface area contributed by atoms with Gasteiger partial charge in [0.2, 0.25) is 11.8 Å². The SMILES string of the molecule is C/C(=C\c1cc(Br)ccc1O)CC[C@@H](O)C1=C(CO[Si](c2ccccc2)(c2ccccc2)C(C)(C)C)C[C@H]2C(=O)N(c3ccc(Nc4ccccc4)cc3)C(=O)[C@H]2[C@H]1CO. The fourth-order valence-corrected chi connectivity index (χ4v) is 14.1. The van der Waals surface area contributed by atoms with Crippen molar-refractivity contribution >= 4 is 69.6 Å². The van der Waals surface area contributed by atoms with Gasteiger partial charge >= 0.3 is 0 Å². The zero-order chi connectivity index (χ0) is 42.6. The molecule has 310 valence electrons. The number of nitrogens with zero attached hydrogens (tertiary/aromatic N) is 1. The summed E-state index contributed by atoms with van der Waals surface area (Å²) in [6.07, 6.45) is 1.84. The highest BCUT2D eigenvalue weighted by molar-refractivity contribution is 9.10. The van der Waals surface area contributed by atoms with Crippen LogP contribution in [0.2, 0.25) is 5.04 Å². The van der Waals surface area contributed by atoms with Gasteiger partial charge in [0, 0.05) is 27.3 Å². The Bertz CT molecular complexity index is 2320. The first-order valence-corrected chi connectivity index (χ1v) is 23.2. The molecule has 0 unspecified atom stereocenters. The molecular weight excluding hydrogens is 833 g/mol. The van der Waals surface area contributed by atoms with Crippen LogP contribution in [0.3, 0.4) is 0 Å². The average molecular weight is 886 g/mol. The van der Waals surface area contributed by atoms with Gasteiger partial charge in [0.1, 0.15) is 5.75 Å². The fourth-order valence-electron chi connectivity index (χ4n) is 9.18. The molecule has 8 nitrogen and oxygen atoms in total. The largest absolute Gasteiger partial charge is 0.507 e. The number of halogens is 1. The molecule has 60 heavy (non-hydrogen) atoms. The number of aromatic hydroxyl groups is 1. The minimum atomic E-state index is -3.07. The first-order valence-electron chi connectivity index (χ1n) is 20.5. The Morgan fingerprint density at radius 2 is 1.45 bits per heavy atom. The van der Waals surface area contributed by atoms with E-state index >= 15 is 0 Å². The molecule has 1 saturated heterocycles. The van der Waals surface area contributed by atoms with Crippen molar-refractivity contribution in [3.05, 3.63) is 160 Å². The Hall–Kier alpha value is -5.10. The zero-order valence-electron chi connectivity index (χ0n) is 34.5. The van der Waals surface area contributed by atoms with Gasteiger partial charge in [0.05, 0.1) is 36.8 Å². The average Bonchev–Trinajstić information content (AvgIpc) is 3.49. The Balaban J connectivity index is 1.25. The summed E-state index contributed by atoms with van der Waals surface area (Å²) in [7, 11) is -3.07. The number of para-hydroxylation sites is 1. The van der Waals surface area contributed by atoms with Crippen LogP contribution < -0.4 is 20.6 Å². The highest BCUT2D eigenvalue weighted by atomic mass is 79.9. The molecule has 0 radical (unpaired) electrons. The first-order chi connectivity index (χ1) is 28.8. The number of anilines is 3. The van der Waals surface area contributed by atoms with E-state index in [9.17, 15) is 24.9 Å². The van der Waals surface area contributed by atoms with Crippen molar-refractivity contribution in [1.82, 2.24) is 0 Å². The van der Waals surface area contributed by atoms with Crippen LogP contribution in [0.5, 0.6) is 5.75 Å². The van der Waals surface area contributed by atoms with Crippen molar-refractivity contribution in [2.24, 2.45) is 17.8 Å². The molecule has 0 spiro atoms. The van der Waals surface area contributed by atoms with Crippen molar-refractivity contribution in [1.29, 1.82) is 0 Å². The molecule has 5 aromatic rings. The number of fused-ring (bicyclic) bond motifs is 1. The number of benzene rings is 5. The molecule has 0 aromatic heterocycles. The number of hydrogen-bond donors (Lipinski definition) is 4. The monoisotopic (exact) mass is 884 g/mol. The Labute approximate surface area is 362 Å². The Morgan fingerprint density at radius 3 is 2.03 bits per heavy atom. The summed E-state index contributed by atoms with van der Waals surface area (Å²) in [5, 5.41) is 39.2. The number of amides is 2. The molecule has 5 aromatic carbocycles. The summed E-state index contributed by atoms with van der Waals surface area (Å²) < 4.78 is 8.26. The second-order valence-electron chi connectivity index (χ2n) is 16.9. The molecule has 1 aliphatic carbocycles. The maximum Gasteiger partial charge on any atom is 0.261 e. The van der Waals surface area contributed by atoms with Crippen molar-refractivity contribution in [2.45, 2.75) is 58.1 Å².